The largest absolute Gasteiger partial charge is 0.481 e. The monoisotopic (exact) mass is 257 g/mol. The molecule has 1 rings (SSSR count). The number of carbonyl (C=O) groups is 2. The van der Waals surface area contributed by atoms with Crippen LogP contribution in [-0.4, -0.2) is 35.7 Å². The molecule has 0 radical (unpaired) electrons. The van der Waals surface area contributed by atoms with Crippen molar-refractivity contribution in [2.24, 2.45) is 5.92 Å². The fraction of sp³-hybridized carbons (Fsp3) is 0.846. The number of nitrogens with one attached hydrogen (secondary N) is 1. The molecule has 5 nitrogen and oxygen atoms in total. The van der Waals surface area contributed by atoms with Crippen LogP contribution in [0.3, 0.4) is 0 Å². The van der Waals surface area contributed by atoms with E-state index >= 15 is 0 Å². The van der Waals surface area contributed by atoms with E-state index in [1.807, 2.05) is 0 Å². The predicted molar refractivity (Wildman–Crippen MR) is 67.2 cm³/mol. The molecular weight excluding hydrogens is 234 g/mol. The molecule has 18 heavy (non-hydrogen) atoms. The van der Waals surface area contributed by atoms with Crippen LogP contribution in [0.25, 0.3) is 0 Å². The normalized spacial score (nSPS) is 25.4. The van der Waals surface area contributed by atoms with Crippen LogP contribution in [0.15, 0.2) is 0 Å². The second kappa shape index (κ2) is 7.36. The minimum atomic E-state index is -0.912. The van der Waals surface area contributed by atoms with Crippen LogP contribution in [0.2, 0.25) is 0 Å². The van der Waals surface area contributed by atoms with Crippen LogP contribution in [0.5, 0.6) is 0 Å². The molecular formula is C13H23NO4. The molecule has 5 heteroatoms. The summed E-state index contributed by atoms with van der Waals surface area (Å²) >= 11 is 0. The van der Waals surface area contributed by atoms with E-state index in [4.69, 9.17) is 9.84 Å². The van der Waals surface area contributed by atoms with Crippen molar-refractivity contribution in [3.05, 3.63) is 0 Å². The Morgan fingerprint density at radius 2 is 2.06 bits per heavy atom. The number of ether oxygens (including phenoxy) is 1. The molecule has 0 unspecified atom stereocenters. The summed E-state index contributed by atoms with van der Waals surface area (Å²) in [5.41, 5.74) is 0. The zero-order valence-electron chi connectivity index (χ0n) is 11.1. The van der Waals surface area contributed by atoms with Gasteiger partial charge < -0.3 is 15.2 Å². The summed E-state index contributed by atoms with van der Waals surface area (Å²) in [6.07, 6.45) is 4.67. The number of hydrogen-bond donors (Lipinski definition) is 2. The van der Waals surface area contributed by atoms with Gasteiger partial charge in [-0.1, -0.05) is 19.8 Å². The molecule has 1 aliphatic rings. The van der Waals surface area contributed by atoms with Crippen molar-refractivity contribution in [2.75, 3.05) is 6.61 Å². The molecule has 104 valence electrons. The molecule has 1 saturated carbocycles. The van der Waals surface area contributed by atoms with Crippen molar-refractivity contribution < 1.29 is 19.4 Å². The maximum atomic E-state index is 11.6. The van der Waals surface area contributed by atoms with Crippen molar-refractivity contribution in [1.29, 1.82) is 0 Å². The van der Waals surface area contributed by atoms with Crippen molar-refractivity contribution in [3.8, 4) is 0 Å². The lowest BCUT2D eigenvalue weighted by atomic mass is 9.88. The van der Waals surface area contributed by atoms with Gasteiger partial charge in [0.1, 0.15) is 6.61 Å². The molecule has 1 aliphatic carbocycles. The third-order valence-corrected chi connectivity index (χ3v) is 3.35. The number of carboxylic acids is 1. The molecule has 0 aromatic rings. The highest BCUT2D eigenvalue weighted by molar-refractivity contribution is 5.78. The SMILES string of the molecule is C[C@H](CC(=O)O)NC(=O)CO[C@H]1CCCC[C@H]1C. The van der Waals surface area contributed by atoms with E-state index in [9.17, 15) is 9.59 Å². The Morgan fingerprint density at radius 1 is 1.39 bits per heavy atom. The van der Waals surface area contributed by atoms with E-state index < -0.39 is 5.97 Å². The van der Waals surface area contributed by atoms with Gasteiger partial charge in [0.15, 0.2) is 0 Å². The van der Waals surface area contributed by atoms with Gasteiger partial charge in [-0.2, -0.15) is 0 Å². The Morgan fingerprint density at radius 3 is 2.67 bits per heavy atom. The van der Waals surface area contributed by atoms with Crippen molar-refractivity contribution in [1.82, 2.24) is 5.32 Å². The van der Waals surface area contributed by atoms with Crippen LogP contribution in [0.4, 0.5) is 0 Å². The highest BCUT2D eigenvalue weighted by atomic mass is 16.5. The van der Waals surface area contributed by atoms with Crippen molar-refractivity contribution >= 4 is 11.9 Å². The highest BCUT2D eigenvalue weighted by Gasteiger charge is 2.22. The first-order valence-corrected chi connectivity index (χ1v) is 6.61. The fourth-order valence-corrected chi connectivity index (χ4v) is 2.34. The summed E-state index contributed by atoms with van der Waals surface area (Å²) in [6, 6.07) is -0.359. The molecule has 0 aromatic carbocycles. The average Bonchev–Trinajstić information content (AvgIpc) is 2.26. The number of amides is 1. The molecule has 1 fully saturated rings. The fourth-order valence-electron chi connectivity index (χ4n) is 2.34. The van der Waals surface area contributed by atoms with Crippen LogP contribution < -0.4 is 5.32 Å². The first kappa shape index (κ1) is 15.0. The predicted octanol–water partition coefficient (Wildman–Crippen LogP) is 1.56. The van der Waals surface area contributed by atoms with Gasteiger partial charge >= 0.3 is 5.97 Å². The molecule has 0 heterocycles. The summed E-state index contributed by atoms with van der Waals surface area (Å²) in [4.78, 5) is 22.0. The molecule has 0 saturated heterocycles. The number of aliphatic carboxylic acids is 1. The smallest absolute Gasteiger partial charge is 0.305 e. The summed E-state index contributed by atoms with van der Waals surface area (Å²) < 4.78 is 5.60. The first-order valence-electron chi connectivity index (χ1n) is 6.61. The van der Waals surface area contributed by atoms with E-state index in [0.717, 1.165) is 19.3 Å². The Hall–Kier alpha value is -1.10. The zero-order chi connectivity index (χ0) is 13.5. The topological polar surface area (TPSA) is 75.6 Å². The highest BCUT2D eigenvalue weighted by Crippen LogP contribution is 2.25. The van der Waals surface area contributed by atoms with E-state index in [0.29, 0.717) is 5.92 Å². The summed E-state index contributed by atoms with van der Waals surface area (Å²) in [5.74, 6) is -0.644. The van der Waals surface area contributed by atoms with Gasteiger partial charge in [0.25, 0.3) is 0 Å². The Labute approximate surface area is 108 Å². The lowest BCUT2D eigenvalue weighted by molar-refractivity contribution is -0.138. The molecule has 0 bridgehead atoms. The maximum Gasteiger partial charge on any atom is 0.305 e. The van der Waals surface area contributed by atoms with Gasteiger partial charge in [-0.25, -0.2) is 0 Å². The van der Waals surface area contributed by atoms with Crippen LogP contribution in [-0.2, 0) is 14.3 Å². The Bertz CT molecular complexity index is 293. The molecule has 0 aliphatic heterocycles. The molecule has 3 atom stereocenters. The number of carbonyl (C=O) groups excluding carboxylic acids is 1. The van der Waals surface area contributed by atoms with Gasteiger partial charge in [-0.3, -0.25) is 9.59 Å². The van der Waals surface area contributed by atoms with Crippen LogP contribution in [0, 0.1) is 5.92 Å². The van der Waals surface area contributed by atoms with E-state index in [1.54, 1.807) is 6.92 Å². The molecule has 2 N–H and O–H groups in total. The Balaban J connectivity index is 2.21. The van der Waals surface area contributed by atoms with Gasteiger partial charge in [0, 0.05) is 6.04 Å². The summed E-state index contributed by atoms with van der Waals surface area (Å²) in [7, 11) is 0. The Kier molecular flexibility index (Phi) is 6.12. The average molecular weight is 257 g/mol. The van der Waals surface area contributed by atoms with Gasteiger partial charge in [0.2, 0.25) is 5.91 Å². The minimum absolute atomic E-state index is 0.0268. The lowest BCUT2D eigenvalue weighted by Gasteiger charge is -2.28. The van der Waals surface area contributed by atoms with Crippen molar-refractivity contribution in [3.63, 3.8) is 0 Å². The van der Waals surface area contributed by atoms with E-state index in [-0.39, 0.29) is 31.1 Å². The van der Waals surface area contributed by atoms with E-state index in [2.05, 4.69) is 12.2 Å². The second-order valence-electron chi connectivity index (χ2n) is 5.18. The standard InChI is InChI=1S/C13H23NO4/c1-9-5-3-4-6-11(9)18-8-12(15)14-10(2)7-13(16)17/h9-11H,3-8H2,1-2H3,(H,14,15)(H,16,17)/t9-,10-,11+/m1/s1. The molecule has 1 amide bonds. The van der Waals surface area contributed by atoms with E-state index in [1.165, 1.54) is 6.42 Å². The number of rotatable bonds is 6. The van der Waals surface area contributed by atoms with Gasteiger partial charge in [-0.15, -0.1) is 0 Å². The molecule has 0 spiro atoms. The van der Waals surface area contributed by atoms with Gasteiger partial charge in [0.05, 0.1) is 12.5 Å². The summed E-state index contributed by atoms with van der Waals surface area (Å²) in [5, 5.41) is 11.2. The summed E-state index contributed by atoms with van der Waals surface area (Å²) in [6.45, 7) is 3.85. The zero-order valence-corrected chi connectivity index (χ0v) is 11.1. The quantitative estimate of drug-likeness (QED) is 0.757. The molecule has 0 aromatic heterocycles. The number of carboxylic acid groups (broad SMARTS) is 1. The lowest BCUT2D eigenvalue weighted by Crippen LogP contribution is -2.38. The van der Waals surface area contributed by atoms with Crippen LogP contribution in [0.1, 0.15) is 46.0 Å². The third-order valence-electron chi connectivity index (χ3n) is 3.35. The van der Waals surface area contributed by atoms with Crippen LogP contribution >= 0.6 is 0 Å². The number of hydrogen-bond acceptors (Lipinski definition) is 3. The van der Waals surface area contributed by atoms with Gasteiger partial charge in [-0.05, 0) is 25.7 Å². The third kappa shape index (κ3) is 5.49. The van der Waals surface area contributed by atoms with Crippen molar-refractivity contribution in [2.45, 2.75) is 58.1 Å². The maximum absolute atomic E-state index is 11.6. The first-order chi connectivity index (χ1) is 8.49. The minimum Gasteiger partial charge on any atom is -0.481 e. The second-order valence-corrected chi connectivity index (χ2v) is 5.18.